The van der Waals surface area contributed by atoms with Crippen molar-refractivity contribution >= 4 is 5.78 Å². The van der Waals surface area contributed by atoms with Crippen molar-refractivity contribution in [3.63, 3.8) is 0 Å². The number of nitrogens with zero attached hydrogens (tertiary/aromatic N) is 3. The molecular weight excluding hydrogens is 336 g/mol. The molecule has 0 unspecified atom stereocenters. The van der Waals surface area contributed by atoms with Gasteiger partial charge in [-0.1, -0.05) is 26.8 Å². The number of aromatic nitrogens is 4. The van der Waals surface area contributed by atoms with Crippen LogP contribution >= 0.6 is 0 Å². The van der Waals surface area contributed by atoms with Crippen LogP contribution in [0.25, 0.3) is 22.5 Å². The molecule has 0 atom stereocenters. The first kappa shape index (κ1) is 17.6. The van der Waals surface area contributed by atoms with Gasteiger partial charge in [0.05, 0.1) is 5.69 Å². The highest BCUT2D eigenvalue weighted by Gasteiger charge is 2.36. The third kappa shape index (κ3) is 3.07. The van der Waals surface area contributed by atoms with Crippen LogP contribution in [0.15, 0.2) is 30.7 Å². The highest BCUT2D eigenvalue weighted by atomic mass is 16.1. The van der Waals surface area contributed by atoms with E-state index in [1.807, 2.05) is 31.5 Å². The minimum Gasteiger partial charge on any atom is -0.342 e. The Morgan fingerprint density at radius 2 is 1.96 bits per heavy atom. The number of hydrogen-bond acceptors (Lipinski definition) is 4. The van der Waals surface area contributed by atoms with Gasteiger partial charge < -0.3 is 4.98 Å². The normalized spacial score (nSPS) is 15.6. The third-order valence-corrected chi connectivity index (χ3v) is 5.21. The fourth-order valence-corrected chi connectivity index (χ4v) is 3.99. The highest BCUT2D eigenvalue weighted by molar-refractivity contribution is 6.07. The average Bonchev–Trinajstić information content (AvgIpc) is 3.09. The van der Waals surface area contributed by atoms with Gasteiger partial charge >= 0.3 is 0 Å². The van der Waals surface area contributed by atoms with Crippen molar-refractivity contribution in [1.29, 1.82) is 0 Å². The predicted octanol–water partition coefficient (Wildman–Crippen LogP) is 4.56. The molecule has 5 nitrogen and oxygen atoms in total. The standard InChI is InChI=1S/C22H24N4O/c1-5-15-12-24-21(26-15)18-13(2)25-16-9-22(3,4)10-17(27)20(16)19(18)14-7-6-8-23-11-14/h6-8,11-12H,5,9-10H2,1-4H3,(H,24,26). The zero-order valence-electron chi connectivity index (χ0n) is 16.3. The van der Waals surface area contributed by atoms with Gasteiger partial charge in [-0.15, -0.1) is 0 Å². The van der Waals surface area contributed by atoms with E-state index < -0.39 is 0 Å². The van der Waals surface area contributed by atoms with Gasteiger partial charge in [0.25, 0.3) is 0 Å². The Balaban J connectivity index is 2.05. The van der Waals surface area contributed by atoms with Crippen molar-refractivity contribution in [3.8, 4) is 22.5 Å². The quantitative estimate of drug-likeness (QED) is 0.743. The first-order chi connectivity index (χ1) is 12.9. The van der Waals surface area contributed by atoms with Crippen molar-refractivity contribution in [2.45, 2.75) is 47.0 Å². The van der Waals surface area contributed by atoms with E-state index in [1.54, 1.807) is 6.20 Å². The van der Waals surface area contributed by atoms with Crippen LogP contribution < -0.4 is 0 Å². The van der Waals surface area contributed by atoms with Crippen LogP contribution in [0.2, 0.25) is 0 Å². The molecule has 4 rings (SSSR count). The van der Waals surface area contributed by atoms with E-state index in [1.165, 1.54) is 0 Å². The van der Waals surface area contributed by atoms with Crippen LogP contribution in [0, 0.1) is 12.3 Å². The number of nitrogens with one attached hydrogen (secondary N) is 1. The average molecular weight is 360 g/mol. The van der Waals surface area contributed by atoms with Gasteiger partial charge in [-0.2, -0.15) is 0 Å². The maximum atomic E-state index is 13.2. The summed E-state index contributed by atoms with van der Waals surface area (Å²) in [6, 6.07) is 3.90. The van der Waals surface area contributed by atoms with Crippen LogP contribution in [0.1, 0.15) is 54.6 Å². The van der Waals surface area contributed by atoms with Gasteiger partial charge in [0.1, 0.15) is 5.82 Å². The first-order valence-corrected chi connectivity index (χ1v) is 9.41. The van der Waals surface area contributed by atoms with Gasteiger partial charge in [-0.25, -0.2) is 4.98 Å². The Morgan fingerprint density at radius 1 is 1.15 bits per heavy atom. The van der Waals surface area contributed by atoms with Crippen LogP contribution in [0.5, 0.6) is 0 Å². The second-order valence-corrected chi connectivity index (χ2v) is 8.06. The lowest BCUT2D eigenvalue weighted by Gasteiger charge is -2.31. The number of aryl methyl sites for hydroxylation is 2. The molecule has 0 aromatic carbocycles. The number of carbonyl (C=O) groups is 1. The topological polar surface area (TPSA) is 71.5 Å². The maximum absolute atomic E-state index is 13.2. The molecule has 1 aliphatic rings. The molecule has 138 valence electrons. The summed E-state index contributed by atoms with van der Waals surface area (Å²) < 4.78 is 0. The summed E-state index contributed by atoms with van der Waals surface area (Å²) in [5.41, 5.74) is 6.23. The lowest BCUT2D eigenvalue weighted by molar-refractivity contribution is 0.0911. The van der Waals surface area contributed by atoms with Crippen LogP contribution in [-0.2, 0) is 12.8 Å². The number of hydrogen-bond donors (Lipinski definition) is 1. The molecule has 0 amide bonds. The number of pyridine rings is 2. The molecule has 27 heavy (non-hydrogen) atoms. The second kappa shape index (κ2) is 6.41. The Bertz CT molecular complexity index is 1020. The molecule has 0 saturated carbocycles. The zero-order valence-corrected chi connectivity index (χ0v) is 16.3. The Labute approximate surface area is 159 Å². The van der Waals surface area contributed by atoms with Crippen molar-refractivity contribution in [2.24, 2.45) is 5.41 Å². The van der Waals surface area contributed by atoms with Gasteiger partial charge in [0.2, 0.25) is 0 Å². The number of rotatable bonds is 3. The summed E-state index contributed by atoms with van der Waals surface area (Å²) in [7, 11) is 0. The predicted molar refractivity (Wildman–Crippen MR) is 106 cm³/mol. The first-order valence-electron chi connectivity index (χ1n) is 9.41. The summed E-state index contributed by atoms with van der Waals surface area (Å²) >= 11 is 0. The lowest BCUT2D eigenvalue weighted by Crippen LogP contribution is -2.29. The summed E-state index contributed by atoms with van der Waals surface area (Å²) in [6.07, 6.45) is 7.61. The van der Waals surface area contributed by atoms with E-state index in [9.17, 15) is 4.79 Å². The van der Waals surface area contributed by atoms with E-state index in [-0.39, 0.29) is 11.2 Å². The molecule has 0 fully saturated rings. The van der Waals surface area contributed by atoms with Crippen molar-refractivity contribution in [2.75, 3.05) is 0 Å². The summed E-state index contributed by atoms with van der Waals surface area (Å²) in [5.74, 6) is 0.910. The van der Waals surface area contributed by atoms with Gasteiger partial charge in [-0.3, -0.25) is 14.8 Å². The number of Topliss-reactive ketones (excluding diaryl/α,β-unsaturated/α-hetero) is 1. The molecule has 3 heterocycles. The second-order valence-electron chi connectivity index (χ2n) is 8.06. The monoisotopic (exact) mass is 360 g/mol. The maximum Gasteiger partial charge on any atom is 0.165 e. The third-order valence-electron chi connectivity index (χ3n) is 5.21. The summed E-state index contributed by atoms with van der Waals surface area (Å²) in [6.45, 7) is 8.34. The van der Waals surface area contributed by atoms with Gasteiger partial charge in [0, 0.05) is 58.7 Å². The van der Waals surface area contributed by atoms with E-state index in [0.717, 1.165) is 58.0 Å². The number of fused-ring (bicyclic) bond motifs is 1. The summed E-state index contributed by atoms with van der Waals surface area (Å²) in [4.78, 5) is 30.3. The van der Waals surface area contributed by atoms with Crippen LogP contribution in [0.3, 0.4) is 0 Å². The SMILES string of the molecule is CCc1cnc(-c2c(C)nc3c(c2-c2cccnc2)C(=O)CC(C)(C)C3)[nH]1. The van der Waals surface area contributed by atoms with Crippen molar-refractivity contribution in [3.05, 3.63) is 53.4 Å². The molecule has 3 aromatic heterocycles. The van der Waals surface area contributed by atoms with E-state index >= 15 is 0 Å². The molecule has 0 spiro atoms. The number of H-pyrrole nitrogens is 1. The molecule has 0 saturated heterocycles. The van der Waals surface area contributed by atoms with E-state index in [2.05, 4.69) is 35.7 Å². The molecule has 0 radical (unpaired) electrons. The van der Waals surface area contributed by atoms with Crippen LogP contribution in [0.4, 0.5) is 0 Å². The Hall–Kier alpha value is -2.82. The fraction of sp³-hybridized carbons (Fsp3) is 0.364. The molecule has 5 heteroatoms. The minimum atomic E-state index is -0.0721. The summed E-state index contributed by atoms with van der Waals surface area (Å²) in [5, 5.41) is 0. The van der Waals surface area contributed by atoms with Crippen LogP contribution in [-0.4, -0.2) is 25.7 Å². The molecule has 1 N–H and O–H groups in total. The number of aromatic amines is 1. The van der Waals surface area contributed by atoms with Crippen molar-refractivity contribution < 1.29 is 4.79 Å². The molecule has 1 aliphatic carbocycles. The van der Waals surface area contributed by atoms with E-state index in [4.69, 9.17) is 4.98 Å². The zero-order chi connectivity index (χ0) is 19.2. The molecule has 3 aromatic rings. The van der Waals surface area contributed by atoms with Gasteiger partial charge in [0.15, 0.2) is 5.78 Å². The lowest BCUT2D eigenvalue weighted by atomic mass is 9.73. The van der Waals surface area contributed by atoms with Gasteiger partial charge in [-0.05, 0) is 31.2 Å². The number of carbonyl (C=O) groups excluding carboxylic acids is 1. The molecule has 0 bridgehead atoms. The smallest absolute Gasteiger partial charge is 0.165 e. The Morgan fingerprint density at radius 3 is 2.63 bits per heavy atom. The van der Waals surface area contributed by atoms with Crippen molar-refractivity contribution in [1.82, 2.24) is 19.9 Å². The number of ketones is 1. The fourth-order valence-electron chi connectivity index (χ4n) is 3.99. The molecule has 0 aliphatic heterocycles. The highest BCUT2D eigenvalue weighted by Crippen LogP contribution is 2.43. The molecular formula is C22H24N4O. The van der Waals surface area contributed by atoms with E-state index in [0.29, 0.717) is 6.42 Å². The number of imidazole rings is 1. The largest absolute Gasteiger partial charge is 0.342 e. The Kier molecular flexibility index (Phi) is 4.17. The minimum absolute atomic E-state index is 0.0721.